The van der Waals surface area contributed by atoms with Gasteiger partial charge in [-0.2, -0.15) is 0 Å². The van der Waals surface area contributed by atoms with Gasteiger partial charge in [-0.05, 0) is 36.5 Å². The zero-order valence-corrected chi connectivity index (χ0v) is 13.8. The molecule has 4 aliphatic carbocycles. The summed E-state index contributed by atoms with van der Waals surface area (Å²) in [5.41, 5.74) is 0.663. The fourth-order valence-electron chi connectivity index (χ4n) is 5.41. The topological polar surface area (TPSA) is 17.1 Å². The van der Waals surface area contributed by atoms with Crippen molar-refractivity contribution in [2.45, 2.75) is 63.7 Å². The molecule has 4 aliphatic rings. The summed E-state index contributed by atoms with van der Waals surface area (Å²) >= 11 is 2.65. The van der Waals surface area contributed by atoms with Crippen molar-refractivity contribution in [3.05, 3.63) is 0 Å². The lowest BCUT2D eigenvalue weighted by atomic mass is 9.68. The van der Waals surface area contributed by atoms with E-state index in [1.54, 1.807) is 0 Å². The number of Topliss-reactive ketones (excluding diaryl/α,β-unsaturated/α-hetero) is 1. The van der Waals surface area contributed by atoms with E-state index in [2.05, 4.69) is 57.2 Å². The maximum Gasteiger partial charge on any atom is 0.145 e. The van der Waals surface area contributed by atoms with E-state index in [0.717, 1.165) is 12.8 Å². The van der Waals surface area contributed by atoms with Gasteiger partial charge in [-0.3, -0.25) is 4.79 Å². The lowest BCUT2D eigenvalue weighted by Gasteiger charge is -2.39. The van der Waals surface area contributed by atoms with Crippen molar-refractivity contribution < 1.29 is 4.79 Å². The van der Waals surface area contributed by atoms with Gasteiger partial charge in [-0.1, -0.05) is 57.2 Å². The van der Waals surface area contributed by atoms with E-state index in [4.69, 9.17) is 0 Å². The summed E-state index contributed by atoms with van der Waals surface area (Å²) in [6, 6.07) is 0. The highest BCUT2D eigenvalue weighted by molar-refractivity contribution is 14.1. The average Bonchev–Trinajstić information content (AvgIpc) is 2.58. The number of carbonyl (C=O) groups excluding carboxylic acids is 1. The van der Waals surface area contributed by atoms with Gasteiger partial charge in [0.05, 0.1) is 0 Å². The first-order chi connectivity index (χ1) is 7.48. The monoisotopic (exact) mass is 346 g/mol. The zero-order chi connectivity index (χ0) is 12.9. The summed E-state index contributed by atoms with van der Waals surface area (Å²) in [5.74, 6) is 0.532. The molecule has 0 aromatic carbocycles. The van der Waals surface area contributed by atoms with Gasteiger partial charge >= 0.3 is 0 Å². The minimum atomic E-state index is -0.183. The van der Waals surface area contributed by atoms with Crippen LogP contribution in [0.25, 0.3) is 0 Å². The highest BCUT2D eigenvalue weighted by Gasteiger charge is 2.82. The Morgan fingerprint density at radius 2 is 1.41 bits per heavy atom. The number of halogens is 1. The summed E-state index contributed by atoms with van der Waals surface area (Å²) < 4.78 is 0.263. The summed E-state index contributed by atoms with van der Waals surface area (Å²) in [6.45, 7) is 11.1. The number of hydrogen-bond acceptors (Lipinski definition) is 1. The first-order valence-electron chi connectivity index (χ1n) is 6.72. The van der Waals surface area contributed by atoms with Crippen LogP contribution in [0, 0.1) is 21.7 Å². The first-order valence-corrected chi connectivity index (χ1v) is 7.80. The van der Waals surface area contributed by atoms with Gasteiger partial charge in [0.2, 0.25) is 0 Å². The Morgan fingerprint density at radius 1 is 1.00 bits per heavy atom. The predicted octanol–water partition coefficient (Wildman–Crippen LogP) is 4.38. The molecule has 0 saturated heterocycles. The van der Waals surface area contributed by atoms with Crippen LogP contribution in [0.15, 0.2) is 0 Å². The molecule has 4 rings (SSSR count). The van der Waals surface area contributed by atoms with Crippen molar-refractivity contribution in [2.75, 3.05) is 0 Å². The molecule has 2 heteroatoms. The van der Waals surface area contributed by atoms with E-state index in [0.29, 0.717) is 16.6 Å². The van der Waals surface area contributed by atoms with Crippen LogP contribution in [0.1, 0.15) is 60.3 Å². The molecular formula is C15H23IO. The van der Waals surface area contributed by atoms with Crippen LogP contribution in [-0.2, 0) is 4.79 Å². The van der Waals surface area contributed by atoms with Crippen molar-refractivity contribution in [2.24, 2.45) is 21.7 Å². The molecule has 4 saturated carbocycles. The Labute approximate surface area is 118 Å². The van der Waals surface area contributed by atoms with Crippen molar-refractivity contribution in [3.8, 4) is 0 Å². The van der Waals surface area contributed by atoms with E-state index in [1.165, 1.54) is 12.8 Å². The zero-order valence-electron chi connectivity index (χ0n) is 11.6. The van der Waals surface area contributed by atoms with Gasteiger partial charge in [0.25, 0.3) is 0 Å². The van der Waals surface area contributed by atoms with Gasteiger partial charge in [0.1, 0.15) is 5.78 Å². The second kappa shape index (κ2) is 2.78. The smallest absolute Gasteiger partial charge is 0.145 e. The molecule has 4 bridgehead atoms. The summed E-state index contributed by atoms with van der Waals surface area (Å²) in [7, 11) is 0. The van der Waals surface area contributed by atoms with Crippen LogP contribution in [0.3, 0.4) is 0 Å². The number of ketones is 1. The molecule has 2 atom stereocenters. The van der Waals surface area contributed by atoms with Gasteiger partial charge in [-0.25, -0.2) is 0 Å². The summed E-state index contributed by atoms with van der Waals surface area (Å²) in [4.78, 5) is 13.0. The molecule has 0 radical (unpaired) electrons. The third-order valence-corrected chi connectivity index (χ3v) is 7.95. The maximum atomic E-state index is 13.0. The minimum Gasteiger partial charge on any atom is -0.298 e. The van der Waals surface area contributed by atoms with Crippen LogP contribution in [-0.4, -0.2) is 9.20 Å². The van der Waals surface area contributed by atoms with Crippen molar-refractivity contribution >= 4 is 28.4 Å². The van der Waals surface area contributed by atoms with Gasteiger partial charge in [0, 0.05) is 14.3 Å². The van der Waals surface area contributed by atoms with Crippen molar-refractivity contribution in [1.82, 2.24) is 0 Å². The van der Waals surface area contributed by atoms with Crippen LogP contribution >= 0.6 is 22.6 Å². The number of alkyl halides is 1. The molecule has 0 heterocycles. The molecule has 0 aromatic heterocycles. The fourth-order valence-corrected chi connectivity index (χ4v) is 7.72. The third kappa shape index (κ3) is 1.15. The van der Waals surface area contributed by atoms with Crippen LogP contribution in [0.5, 0.6) is 0 Å². The highest BCUT2D eigenvalue weighted by Crippen LogP contribution is 2.86. The molecule has 0 spiro atoms. The fraction of sp³-hybridized carbons (Fsp3) is 0.933. The SMILES string of the molecule is CC(C)(C)C(=O)C12C[C@@]3(C)CC1(I)C[C@]3(C)C2. The van der Waals surface area contributed by atoms with Crippen molar-refractivity contribution in [1.29, 1.82) is 0 Å². The lowest BCUT2D eigenvalue weighted by molar-refractivity contribution is -0.136. The maximum absolute atomic E-state index is 13.0. The molecule has 0 amide bonds. The average molecular weight is 346 g/mol. The molecule has 17 heavy (non-hydrogen) atoms. The van der Waals surface area contributed by atoms with E-state index >= 15 is 0 Å². The summed E-state index contributed by atoms with van der Waals surface area (Å²) in [6.07, 6.45) is 4.82. The standard InChI is InChI=1S/C15H23IO/c1-11(2,3)10(17)14-6-12(4)8-15(14,16)9-13(12,5)7-14/h6-9H2,1-5H3/t12-,13-,14?,15?/m0/s1. The van der Waals surface area contributed by atoms with Crippen LogP contribution < -0.4 is 0 Å². The Bertz CT molecular complexity index is 399. The normalized spacial score (nSPS) is 55.9. The van der Waals surface area contributed by atoms with Crippen LogP contribution in [0.4, 0.5) is 0 Å². The molecule has 0 N–H and O–H groups in total. The number of carbonyl (C=O) groups is 1. The molecule has 4 fully saturated rings. The van der Waals surface area contributed by atoms with E-state index in [-0.39, 0.29) is 14.3 Å². The molecule has 0 unspecified atom stereocenters. The van der Waals surface area contributed by atoms with E-state index < -0.39 is 0 Å². The minimum absolute atomic E-state index is 0.00465. The largest absolute Gasteiger partial charge is 0.298 e. The van der Waals surface area contributed by atoms with Gasteiger partial charge in [0.15, 0.2) is 0 Å². The Balaban J connectivity index is 2.12. The van der Waals surface area contributed by atoms with Gasteiger partial charge < -0.3 is 0 Å². The number of hydrogen-bond donors (Lipinski definition) is 0. The van der Waals surface area contributed by atoms with E-state index in [1.807, 2.05) is 0 Å². The van der Waals surface area contributed by atoms with Crippen molar-refractivity contribution in [3.63, 3.8) is 0 Å². The van der Waals surface area contributed by atoms with E-state index in [9.17, 15) is 4.79 Å². The highest BCUT2D eigenvalue weighted by atomic mass is 127. The third-order valence-electron chi connectivity index (χ3n) is 6.16. The quantitative estimate of drug-likeness (QED) is 0.509. The van der Waals surface area contributed by atoms with Gasteiger partial charge in [-0.15, -0.1) is 0 Å². The first kappa shape index (κ1) is 12.4. The molecular weight excluding hydrogens is 323 g/mol. The molecule has 1 nitrogen and oxygen atoms in total. The predicted molar refractivity (Wildman–Crippen MR) is 78.3 cm³/mol. The summed E-state index contributed by atoms with van der Waals surface area (Å²) in [5, 5.41) is 0. The number of rotatable bonds is 1. The Hall–Kier alpha value is 0.400. The Morgan fingerprint density at radius 3 is 1.65 bits per heavy atom. The van der Waals surface area contributed by atoms with Crippen LogP contribution in [0.2, 0.25) is 0 Å². The lowest BCUT2D eigenvalue weighted by Crippen LogP contribution is -2.45. The second-order valence-corrected chi connectivity index (χ2v) is 10.5. The second-order valence-electron chi connectivity index (χ2n) is 8.45. The Kier molecular flexibility index (Phi) is 2.03. The molecule has 0 aliphatic heterocycles. The molecule has 0 aromatic rings. The molecule has 96 valence electrons.